The number of alkyl halides is 2. The smallest absolute Gasteiger partial charge is 0.341 e. The van der Waals surface area contributed by atoms with Crippen LogP contribution in [0.5, 0.6) is 0 Å². The van der Waals surface area contributed by atoms with E-state index in [1.54, 1.807) is 6.07 Å². The van der Waals surface area contributed by atoms with E-state index in [9.17, 15) is 17.2 Å². The molecule has 0 spiro atoms. The quantitative estimate of drug-likeness (QED) is 0.619. The third-order valence-electron chi connectivity index (χ3n) is 2.49. The predicted octanol–water partition coefficient (Wildman–Crippen LogP) is 2.90. The number of benzene rings is 1. The largest absolute Gasteiger partial charge is 0.384 e. The Bertz CT molecular complexity index is 550. The van der Waals surface area contributed by atoms with E-state index < -0.39 is 15.6 Å². The van der Waals surface area contributed by atoms with Crippen molar-refractivity contribution in [2.75, 3.05) is 11.9 Å². The lowest BCUT2D eigenvalue weighted by atomic mass is 10.2. The van der Waals surface area contributed by atoms with Crippen LogP contribution in [0.3, 0.4) is 0 Å². The van der Waals surface area contributed by atoms with Crippen LogP contribution in [0, 0.1) is 12.3 Å². The summed E-state index contributed by atoms with van der Waals surface area (Å²) in [7, 11) is -4.58. The van der Waals surface area contributed by atoms with Gasteiger partial charge in [0.25, 0.3) is 0 Å². The zero-order valence-electron chi connectivity index (χ0n) is 10.3. The summed E-state index contributed by atoms with van der Waals surface area (Å²) in [5.41, 5.74) is 0.198. The Kier molecular flexibility index (Phi) is 5.77. The molecule has 0 fully saturated rings. The second kappa shape index (κ2) is 7.10. The number of hydrogen-bond donors (Lipinski definition) is 1. The second-order valence-electron chi connectivity index (χ2n) is 3.89. The van der Waals surface area contributed by atoms with Crippen molar-refractivity contribution < 1.29 is 17.2 Å². The summed E-state index contributed by atoms with van der Waals surface area (Å²) >= 11 is 0. The van der Waals surface area contributed by atoms with Crippen molar-refractivity contribution in [1.29, 1.82) is 0 Å². The van der Waals surface area contributed by atoms with Gasteiger partial charge in [0.05, 0.1) is 10.6 Å². The Morgan fingerprint density at radius 2 is 1.95 bits per heavy atom. The number of hydrogen-bond acceptors (Lipinski definition) is 3. The molecule has 1 aromatic rings. The molecule has 0 saturated heterocycles. The molecule has 0 bridgehead atoms. The van der Waals surface area contributed by atoms with E-state index in [2.05, 4.69) is 11.2 Å². The van der Waals surface area contributed by atoms with Gasteiger partial charge in [-0.2, -0.15) is 8.78 Å². The SMILES string of the molecule is C#CCCCCNc1ccccc1S(=O)(=O)C(F)F. The fraction of sp³-hybridized carbons (Fsp3) is 0.385. The van der Waals surface area contributed by atoms with Gasteiger partial charge in [-0.1, -0.05) is 12.1 Å². The summed E-state index contributed by atoms with van der Waals surface area (Å²) in [5, 5.41) is 2.85. The molecule has 0 atom stereocenters. The van der Waals surface area contributed by atoms with Gasteiger partial charge >= 0.3 is 5.76 Å². The summed E-state index contributed by atoms with van der Waals surface area (Å²) < 4.78 is 48.0. The van der Waals surface area contributed by atoms with E-state index in [1.807, 2.05) is 0 Å². The van der Waals surface area contributed by atoms with E-state index in [0.29, 0.717) is 13.0 Å². The Balaban J connectivity index is 2.78. The van der Waals surface area contributed by atoms with Gasteiger partial charge in [-0.25, -0.2) is 8.42 Å². The molecule has 104 valence electrons. The number of rotatable bonds is 7. The summed E-state index contributed by atoms with van der Waals surface area (Å²) in [5.74, 6) is -0.925. The molecule has 0 heterocycles. The van der Waals surface area contributed by atoms with Crippen LogP contribution in [0.2, 0.25) is 0 Å². The van der Waals surface area contributed by atoms with Crippen molar-refractivity contribution in [2.24, 2.45) is 0 Å². The summed E-state index contributed by atoms with van der Waals surface area (Å²) in [4.78, 5) is -0.373. The minimum absolute atomic E-state index is 0.198. The molecule has 0 aliphatic rings. The number of unbranched alkanes of at least 4 members (excludes halogenated alkanes) is 2. The Labute approximate surface area is 111 Å². The molecule has 0 unspecified atom stereocenters. The highest BCUT2D eigenvalue weighted by Crippen LogP contribution is 2.25. The van der Waals surface area contributed by atoms with E-state index in [-0.39, 0.29) is 10.6 Å². The fourth-order valence-electron chi connectivity index (χ4n) is 1.53. The average Bonchev–Trinajstić information content (AvgIpc) is 2.38. The number of para-hydroxylation sites is 1. The van der Waals surface area contributed by atoms with E-state index in [0.717, 1.165) is 12.8 Å². The summed E-state index contributed by atoms with van der Waals surface area (Å²) in [6, 6.07) is 5.65. The first-order chi connectivity index (χ1) is 9.00. The zero-order chi connectivity index (χ0) is 14.3. The Morgan fingerprint density at radius 3 is 2.58 bits per heavy atom. The van der Waals surface area contributed by atoms with Crippen LogP contribution in [-0.2, 0) is 9.84 Å². The van der Waals surface area contributed by atoms with Gasteiger partial charge in [-0.05, 0) is 25.0 Å². The normalized spacial score (nSPS) is 11.3. The maximum Gasteiger partial charge on any atom is 0.341 e. The molecule has 0 saturated carbocycles. The molecule has 0 aliphatic heterocycles. The lowest BCUT2D eigenvalue weighted by Gasteiger charge is -2.11. The van der Waals surface area contributed by atoms with Crippen molar-refractivity contribution >= 4 is 15.5 Å². The molecule has 19 heavy (non-hydrogen) atoms. The maximum absolute atomic E-state index is 12.5. The molecule has 0 amide bonds. The molecule has 0 aliphatic carbocycles. The maximum atomic E-state index is 12.5. The average molecular weight is 287 g/mol. The number of nitrogens with one attached hydrogen (secondary N) is 1. The lowest BCUT2D eigenvalue weighted by Crippen LogP contribution is -2.14. The molecular formula is C13H15F2NO2S. The van der Waals surface area contributed by atoms with Crippen LogP contribution in [0.25, 0.3) is 0 Å². The number of sulfone groups is 1. The molecule has 3 nitrogen and oxygen atoms in total. The third-order valence-corrected chi connectivity index (χ3v) is 3.93. The highest BCUT2D eigenvalue weighted by Gasteiger charge is 2.28. The van der Waals surface area contributed by atoms with E-state index >= 15 is 0 Å². The van der Waals surface area contributed by atoms with Gasteiger partial charge in [0, 0.05) is 13.0 Å². The van der Waals surface area contributed by atoms with Gasteiger partial charge in [0.2, 0.25) is 9.84 Å². The molecule has 0 aromatic heterocycles. The first-order valence-electron chi connectivity index (χ1n) is 5.78. The van der Waals surface area contributed by atoms with E-state index in [4.69, 9.17) is 6.42 Å². The van der Waals surface area contributed by atoms with Gasteiger partial charge in [0.1, 0.15) is 0 Å². The van der Waals surface area contributed by atoms with Crippen LogP contribution in [-0.4, -0.2) is 20.7 Å². The van der Waals surface area contributed by atoms with Crippen molar-refractivity contribution in [3.8, 4) is 12.3 Å². The van der Waals surface area contributed by atoms with Crippen LogP contribution in [0.1, 0.15) is 19.3 Å². The molecule has 6 heteroatoms. The molecule has 1 rings (SSSR count). The zero-order valence-corrected chi connectivity index (χ0v) is 11.1. The highest BCUT2D eigenvalue weighted by molar-refractivity contribution is 7.91. The Hall–Kier alpha value is -1.61. The second-order valence-corrected chi connectivity index (χ2v) is 5.78. The number of terminal acetylenes is 1. The Morgan fingerprint density at radius 1 is 1.26 bits per heavy atom. The minimum Gasteiger partial charge on any atom is -0.384 e. The van der Waals surface area contributed by atoms with Crippen molar-refractivity contribution in [1.82, 2.24) is 0 Å². The molecule has 1 aromatic carbocycles. The van der Waals surface area contributed by atoms with Gasteiger partial charge in [-0.15, -0.1) is 12.3 Å². The summed E-state index contributed by atoms with van der Waals surface area (Å²) in [6.07, 6.45) is 7.28. The standard InChI is InChI=1S/C13H15F2NO2S/c1-2-3-4-7-10-16-11-8-5-6-9-12(11)19(17,18)13(14)15/h1,5-6,8-9,13,16H,3-4,7,10H2. The highest BCUT2D eigenvalue weighted by atomic mass is 32.2. The molecule has 0 radical (unpaired) electrons. The van der Waals surface area contributed by atoms with Crippen LogP contribution in [0.4, 0.5) is 14.5 Å². The number of halogens is 2. The molecular weight excluding hydrogens is 272 g/mol. The third kappa shape index (κ3) is 4.21. The minimum atomic E-state index is -4.58. The van der Waals surface area contributed by atoms with Gasteiger partial charge < -0.3 is 5.32 Å². The van der Waals surface area contributed by atoms with Crippen LogP contribution >= 0.6 is 0 Å². The fourth-order valence-corrected chi connectivity index (χ4v) is 2.44. The first-order valence-corrected chi connectivity index (χ1v) is 7.33. The number of anilines is 1. The summed E-state index contributed by atoms with van der Waals surface area (Å²) in [6.45, 7) is 0.484. The van der Waals surface area contributed by atoms with E-state index in [1.165, 1.54) is 18.2 Å². The molecule has 1 N–H and O–H groups in total. The lowest BCUT2D eigenvalue weighted by molar-refractivity contribution is 0.235. The van der Waals surface area contributed by atoms with Gasteiger partial charge in [-0.3, -0.25) is 0 Å². The monoisotopic (exact) mass is 287 g/mol. The topological polar surface area (TPSA) is 46.2 Å². The van der Waals surface area contributed by atoms with Crippen LogP contribution in [0.15, 0.2) is 29.2 Å². The van der Waals surface area contributed by atoms with Crippen molar-refractivity contribution in [3.63, 3.8) is 0 Å². The van der Waals surface area contributed by atoms with Crippen LogP contribution < -0.4 is 5.32 Å². The van der Waals surface area contributed by atoms with Crippen molar-refractivity contribution in [2.45, 2.75) is 29.9 Å². The first kappa shape index (κ1) is 15.4. The van der Waals surface area contributed by atoms with Gasteiger partial charge in [0.15, 0.2) is 0 Å². The predicted molar refractivity (Wildman–Crippen MR) is 70.8 cm³/mol. The van der Waals surface area contributed by atoms with Crippen molar-refractivity contribution in [3.05, 3.63) is 24.3 Å².